The van der Waals surface area contributed by atoms with Gasteiger partial charge in [-0.05, 0) is 43.2 Å². The summed E-state index contributed by atoms with van der Waals surface area (Å²) in [5, 5.41) is 0. The normalized spacial score (nSPS) is 14.2. The van der Waals surface area contributed by atoms with Crippen molar-refractivity contribution in [2.75, 3.05) is 0 Å². The van der Waals surface area contributed by atoms with Gasteiger partial charge in [0, 0.05) is 5.69 Å². The molecule has 0 saturated heterocycles. The molecule has 1 aliphatic carbocycles. The number of rotatable bonds is 3. The van der Waals surface area contributed by atoms with Crippen molar-refractivity contribution < 1.29 is 4.79 Å². The lowest BCUT2D eigenvalue weighted by molar-refractivity contribution is 0.111. The van der Waals surface area contributed by atoms with Gasteiger partial charge in [-0.1, -0.05) is 20.8 Å². The molecule has 0 fully saturated rings. The second-order valence-electron chi connectivity index (χ2n) is 4.05. The largest absolute Gasteiger partial charge is 0.356 e. The molecule has 2 rings (SSSR count). The molecule has 0 bridgehead atoms. The van der Waals surface area contributed by atoms with Gasteiger partial charge in [-0.25, -0.2) is 0 Å². The van der Waals surface area contributed by atoms with E-state index in [0.717, 1.165) is 37.7 Å². The highest BCUT2D eigenvalue weighted by Crippen LogP contribution is 2.27. The Bertz CT molecular complexity index is 339. The first-order valence-electron chi connectivity index (χ1n) is 5.54. The fourth-order valence-electron chi connectivity index (χ4n) is 2.41. The first-order valence-corrected chi connectivity index (χ1v) is 5.54. The second kappa shape index (κ2) is 5.15. The molecule has 0 unspecified atom stereocenters. The summed E-state index contributed by atoms with van der Waals surface area (Å²) < 4.78 is 0. The number of hydrogen-bond acceptors (Lipinski definition) is 1. The third-order valence-corrected chi connectivity index (χ3v) is 3.06. The number of aryl methyl sites for hydroxylation is 1. The van der Waals surface area contributed by atoms with Crippen LogP contribution in [0.15, 0.2) is 0 Å². The molecular formula is C13H21NO. The first kappa shape index (κ1) is 12.0. The molecule has 2 heteroatoms. The Kier molecular flexibility index (Phi) is 4.13. The van der Waals surface area contributed by atoms with Gasteiger partial charge in [0.2, 0.25) is 0 Å². The zero-order chi connectivity index (χ0) is 9.97. The van der Waals surface area contributed by atoms with Crippen LogP contribution in [0, 0.1) is 0 Å². The summed E-state index contributed by atoms with van der Waals surface area (Å²) in [5.41, 5.74) is 4.89. The molecule has 0 saturated carbocycles. The van der Waals surface area contributed by atoms with Crippen LogP contribution in [-0.2, 0) is 19.3 Å². The average molecular weight is 207 g/mol. The van der Waals surface area contributed by atoms with Crippen LogP contribution < -0.4 is 0 Å². The predicted octanol–water partition coefficient (Wildman–Crippen LogP) is 3.29. The topological polar surface area (TPSA) is 32.9 Å². The van der Waals surface area contributed by atoms with E-state index in [1.807, 2.05) is 0 Å². The summed E-state index contributed by atoms with van der Waals surface area (Å²) in [4.78, 5) is 14.2. The van der Waals surface area contributed by atoms with Crippen LogP contribution in [-0.4, -0.2) is 11.3 Å². The van der Waals surface area contributed by atoms with Gasteiger partial charge in [0.05, 0.1) is 5.69 Å². The SMILES string of the molecule is C.CCCc1c(C=O)[nH]c2c1CCCC2. The van der Waals surface area contributed by atoms with Crippen molar-refractivity contribution >= 4 is 6.29 Å². The van der Waals surface area contributed by atoms with Gasteiger partial charge in [-0.3, -0.25) is 4.79 Å². The molecule has 0 aromatic carbocycles. The van der Waals surface area contributed by atoms with Crippen LogP contribution in [0.1, 0.15) is 60.9 Å². The van der Waals surface area contributed by atoms with E-state index in [0.29, 0.717) is 0 Å². The summed E-state index contributed by atoms with van der Waals surface area (Å²) >= 11 is 0. The third kappa shape index (κ3) is 2.14. The van der Waals surface area contributed by atoms with Crippen molar-refractivity contribution in [2.24, 2.45) is 0 Å². The lowest BCUT2D eigenvalue weighted by Crippen LogP contribution is -2.02. The van der Waals surface area contributed by atoms with E-state index in [4.69, 9.17) is 0 Å². The van der Waals surface area contributed by atoms with Crippen molar-refractivity contribution in [2.45, 2.75) is 52.9 Å². The van der Waals surface area contributed by atoms with Crippen molar-refractivity contribution in [3.63, 3.8) is 0 Å². The smallest absolute Gasteiger partial charge is 0.166 e. The number of aromatic nitrogens is 1. The van der Waals surface area contributed by atoms with Gasteiger partial charge in [0.25, 0.3) is 0 Å². The maximum absolute atomic E-state index is 10.9. The maximum Gasteiger partial charge on any atom is 0.166 e. The second-order valence-corrected chi connectivity index (χ2v) is 4.05. The average Bonchev–Trinajstić information content (AvgIpc) is 2.58. The van der Waals surface area contributed by atoms with E-state index in [1.165, 1.54) is 29.7 Å². The van der Waals surface area contributed by atoms with E-state index in [9.17, 15) is 4.79 Å². The third-order valence-electron chi connectivity index (χ3n) is 3.06. The fourth-order valence-corrected chi connectivity index (χ4v) is 2.41. The van der Waals surface area contributed by atoms with Crippen molar-refractivity contribution in [1.29, 1.82) is 0 Å². The maximum atomic E-state index is 10.9. The molecule has 0 aliphatic heterocycles. The molecule has 1 heterocycles. The number of fused-ring (bicyclic) bond motifs is 1. The van der Waals surface area contributed by atoms with E-state index in [2.05, 4.69) is 11.9 Å². The number of aldehydes is 1. The Hall–Kier alpha value is -1.05. The first-order chi connectivity index (χ1) is 6.86. The minimum Gasteiger partial charge on any atom is -0.356 e. The standard InChI is InChI=1S/C12H17NO.CH4/c1-2-5-9-10-6-3-4-7-11(10)13-12(9)8-14;/h8,13H,2-7H2,1H3;1H4. The molecule has 0 amide bonds. The van der Waals surface area contributed by atoms with Crippen molar-refractivity contribution in [1.82, 2.24) is 4.98 Å². The molecule has 1 aliphatic rings. The molecule has 1 aromatic rings. The summed E-state index contributed by atoms with van der Waals surface area (Å²) in [7, 11) is 0. The number of carbonyl (C=O) groups is 1. The fraction of sp³-hybridized carbons (Fsp3) is 0.615. The lowest BCUT2D eigenvalue weighted by Gasteiger charge is -2.12. The van der Waals surface area contributed by atoms with E-state index < -0.39 is 0 Å². The molecule has 0 radical (unpaired) electrons. The summed E-state index contributed by atoms with van der Waals surface area (Å²) in [6.45, 7) is 2.16. The highest BCUT2D eigenvalue weighted by molar-refractivity contribution is 5.76. The number of hydrogen-bond donors (Lipinski definition) is 1. The van der Waals surface area contributed by atoms with Gasteiger partial charge in [0.15, 0.2) is 6.29 Å². The molecule has 2 nitrogen and oxygen atoms in total. The molecule has 1 N–H and O–H groups in total. The highest BCUT2D eigenvalue weighted by atomic mass is 16.1. The summed E-state index contributed by atoms with van der Waals surface area (Å²) in [5.74, 6) is 0. The van der Waals surface area contributed by atoms with Crippen molar-refractivity contribution in [3.8, 4) is 0 Å². The van der Waals surface area contributed by atoms with Crippen LogP contribution in [0.4, 0.5) is 0 Å². The molecule has 0 atom stereocenters. The number of nitrogens with one attached hydrogen (secondary N) is 1. The quantitative estimate of drug-likeness (QED) is 0.758. The lowest BCUT2D eigenvalue weighted by atomic mass is 9.93. The van der Waals surface area contributed by atoms with E-state index in [1.54, 1.807) is 0 Å². The van der Waals surface area contributed by atoms with Crippen LogP contribution in [0.2, 0.25) is 0 Å². The highest BCUT2D eigenvalue weighted by Gasteiger charge is 2.18. The number of aromatic amines is 1. The van der Waals surface area contributed by atoms with Crippen LogP contribution >= 0.6 is 0 Å². The molecule has 1 aromatic heterocycles. The minimum atomic E-state index is 0. The number of carbonyl (C=O) groups excluding carboxylic acids is 1. The number of H-pyrrole nitrogens is 1. The van der Waals surface area contributed by atoms with Crippen LogP contribution in [0.5, 0.6) is 0 Å². The van der Waals surface area contributed by atoms with E-state index in [-0.39, 0.29) is 7.43 Å². The van der Waals surface area contributed by atoms with Gasteiger partial charge in [-0.2, -0.15) is 0 Å². The Morgan fingerprint density at radius 3 is 2.73 bits per heavy atom. The molecule has 15 heavy (non-hydrogen) atoms. The molecule has 0 spiro atoms. The van der Waals surface area contributed by atoms with E-state index >= 15 is 0 Å². The summed E-state index contributed by atoms with van der Waals surface area (Å²) in [6.07, 6.45) is 7.96. The zero-order valence-electron chi connectivity index (χ0n) is 8.73. The van der Waals surface area contributed by atoms with Gasteiger partial charge in [-0.15, -0.1) is 0 Å². The Morgan fingerprint density at radius 2 is 2.07 bits per heavy atom. The van der Waals surface area contributed by atoms with Gasteiger partial charge < -0.3 is 4.98 Å². The van der Waals surface area contributed by atoms with Crippen LogP contribution in [0.3, 0.4) is 0 Å². The Morgan fingerprint density at radius 1 is 1.33 bits per heavy atom. The zero-order valence-corrected chi connectivity index (χ0v) is 8.73. The Labute approximate surface area is 92.1 Å². The minimum absolute atomic E-state index is 0. The van der Waals surface area contributed by atoms with Gasteiger partial charge >= 0.3 is 0 Å². The van der Waals surface area contributed by atoms with Crippen molar-refractivity contribution in [3.05, 3.63) is 22.5 Å². The predicted molar refractivity (Wildman–Crippen MR) is 63.5 cm³/mol. The van der Waals surface area contributed by atoms with Gasteiger partial charge in [0.1, 0.15) is 0 Å². The molecular weight excluding hydrogens is 186 g/mol. The monoisotopic (exact) mass is 207 g/mol. The Balaban J connectivity index is 0.00000112. The van der Waals surface area contributed by atoms with Crippen LogP contribution in [0.25, 0.3) is 0 Å². The molecule has 84 valence electrons. The summed E-state index contributed by atoms with van der Waals surface area (Å²) in [6, 6.07) is 0.